The molecule has 0 spiro atoms. The molecule has 1 aromatic heterocycles. The molecule has 6 nitrogen and oxygen atoms in total. The second-order valence-electron chi connectivity index (χ2n) is 4.86. The SMILES string of the molecule is O=C(OCCOc1ccccc1Cl)c1n[nH]c(=O)c2ccccc12. The van der Waals surface area contributed by atoms with Crippen LogP contribution in [0.15, 0.2) is 53.3 Å². The highest BCUT2D eigenvalue weighted by Gasteiger charge is 2.15. The molecule has 0 aliphatic heterocycles. The number of nitrogens with zero attached hydrogens (tertiary/aromatic N) is 1. The third-order valence-corrected chi connectivity index (χ3v) is 3.61. The fraction of sp³-hybridized carbons (Fsp3) is 0.118. The van der Waals surface area contributed by atoms with Crippen molar-refractivity contribution in [1.29, 1.82) is 0 Å². The van der Waals surface area contributed by atoms with Crippen LogP contribution in [0.5, 0.6) is 5.75 Å². The van der Waals surface area contributed by atoms with E-state index in [4.69, 9.17) is 21.1 Å². The minimum Gasteiger partial charge on any atom is -0.488 e. The molecule has 122 valence electrons. The third kappa shape index (κ3) is 3.38. The lowest BCUT2D eigenvalue weighted by molar-refractivity contribution is 0.0445. The molecule has 0 saturated carbocycles. The van der Waals surface area contributed by atoms with Crippen molar-refractivity contribution < 1.29 is 14.3 Å². The van der Waals surface area contributed by atoms with Crippen LogP contribution in [0, 0.1) is 0 Å². The Labute approximate surface area is 142 Å². The first-order valence-electron chi connectivity index (χ1n) is 7.18. The maximum Gasteiger partial charge on any atom is 0.359 e. The number of aromatic amines is 1. The van der Waals surface area contributed by atoms with Crippen molar-refractivity contribution in [1.82, 2.24) is 10.2 Å². The van der Waals surface area contributed by atoms with Crippen molar-refractivity contribution in [2.45, 2.75) is 0 Å². The summed E-state index contributed by atoms with van der Waals surface area (Å²) in [7, 11) is 0. The molecule has 0 atom stereocenters. The summed E-state index contributed by atoms with van der Waals surface area (Å²) in [6, 6.07) is 13.7. The molecule has 0 fully saturated rings. The Morgan fingerprint density at radius 2 is 1.75 bits per heavy atom. The Kier molecular flexibility index (Phi) is 4.77. The lowest BCUT2D eigenvalue weighted by atomic mass is 10.1. The number of carbonyl (C=O) groups excluding carboxylic acids is 1. The molecule has 2 aromatic carbocycles. The molecule has 0 saturated heterocycles. The number of H-pyrrole nitrogens is 1. The van der Waals surface area contributed by atoms with Gasteiger partial charge in [0.05, 0.1) is 10.4 Å². The summed E-state index contributed by atoms with van der Waals surface area (Å²) in [4.78, 5) is 23.9. The zero-order valence-electron chi connectivity index (χ0n) is 12.5. The minimum atomic E-state index is -0.634. The highest BCUT2D eigenvalue weighted by Crippen LogP contribution is 2.22. The van der Waals surface area contributed by atoms with Gasteiger partial charge >= 0.3 is 5.97 Å². The Bertz CT molecular complexity index is 939. The van der Waals surface area contributed by atoms with E-state index in [0.717, 1.165) is 0 Å². The van der Waals surface area contributed by atoms with E-state index < -0.39 is 5.97 Å². The van der Waals surface area contributed by atoms with E-state index >= 15 is 0 Å². The predicted molar refractivity (Wildman–Crippen MR) is 89.6 cm³/mol. The smallest absolute Gasteiger partial charge is 0.359 e. The number of hydrogen-bond donors (Lipinski definition) is 1. The van der Waals surface area contributed by atoms with E-state index in [1.807, 2.05) is 0 Å². The molecular formula is C17H13ClN2O4. The summed E-state index contributed by atoms with van der Waals surface area (Å²) in [5, 5.41) is 7.38. The molecule has 3 aromatic rings. The molecule has 0 unspecified atom stereocenters. The van der Waals surface area contributed by atoms with E-state index in [0.29, 0.717) is 21.5 Å². The van der Waals surface area contributed by atoms with Crippen LogP contribution in [0.25, 0.3) is 10.8 Å². The molecule has 0 bridgehead atoms. The largest absolute Gasteiger partial charge is 0.488 e. The number of ether oxygens (including phenoxy) is 2. The number of hydrogen-bond acceptors (Lipinski definition) is 5. The fourth-order valence-corrected chi connectivity index (χ4v) is 2.38. The van der Waals surface area contributed by atoms with Gasteiger partial charge in [-0.3, -0.25) is 4.79 Å². The molecule has 0 aliphatic carbocycles. The van der Waals surface area contributed by atoms with Crippen molar-refractivity contribution in [3.63, 3.8) is 0 Å². The first-order chi connectivity index (χ1) is 11.7. The van der Waals surface area contributed by atoms with Crippen LogP contribution >= 0.6 is 11.6 Å². The zero-order chi connectivity index (χ0) is 16.9. The third-order valence-electron chi connectivity index (χ3n) is 3.30. The van der Waals surface area contributed by atoms with Gasteiger partial charge < -0.3 is 9.47 Å². The molecule has 1 N–H and O–H groups in total. The summed E-state index contributed by atoms with van der Waals surface area (Å²) in [6.45, 7) is 0.177. The average molecular weight is 345 g/mol. The van der Waals surface area contributed by atoms with E-state index in [2.05, 4.69) is 10.2 Å². The lowest BCUT2D eigenvalue weighted by Gasteiger charge is -2.09. The number of nitrogens with one attached hydrogen (secondary N) is 1. The van der Waals surface area contributed by atoms with Gasteiger partial charge in [-0.15, -0.1) is 0 Å². The summed E-state index contributed by atoms with van der Waals surface area (Å²) < 4.78 is 10.6. The first-order valence-corrected chi connectivity index (χ1v) is 7.56. The number of esters is 1. The van der Waals surface area contributed by atoms with Crippen LogP contribution in [0.1, 0.15) is 10.5 Å². The van der Waals surface area contributed by atoms with Crippen molar-refractivity contribution in [3.8, 4) is 5.75 Å². The molecule has 0 radical (unpaired) electrons. The van der Waals surface area contributed by atoms with Gasteiger partial charge in [0.1, 0.15) is 19.0 Å². The lowest BCUT2D eigenvalue weighted by Crippen LogP contribution is -2.18. The van der Waals surface area contributed by atoms with Gasteiger partial charge in [-0.1, -0.05) is 41.9 Å². The van der Waals surface area contributed by atoms with Gasteiger partial charge in [0.15, 0.2) is 5.69 Å². The standard InChI is InChI=1S/C17H13ClN2O4/c18-13-7-3-4-8-14(13)23-9-10-24-17(22)15-11-5-1-2-6-12(11)16(21)20-19-15/h1-8H,9-10H2,(H,20,21). The predicted octanol–water partition coefficient (Wildman–Crippen LogP) is 2.81. The molecule has 24 heavy (non-hydrogen) atoms. The van der Waals surface area contributed by atoms with Gasteiger partial charge in [0, 0.05) is 5.39 Å². The van der Waals surface area contributed by atoms with Crippen LogP contribution in [0.3, 0.4) is 0 Å². The number of aromatic nitrogens is 2. The second-order valence-corrected chi connectivity index (χ2v) is 5.27. The van der Waals surface area contributed by atoms with E-state index in [-0.39, 0.29) is 24.5 Å². The Balaban J connectivity index is 1.65. The Morgan fingerprint density at radius 3 is 2.54 bits per heavy atom. The van der Waals surface area contributed by atoms with Gasteiger partial charge in [-0.25, -0.2) is 9.89 Å². The summed E-state index contributed by atoms with van der Waals surface area (Å²) in [6.07, 6.45) is 0. The number of benzene rings is 2. The molecular weight excluding hydrogens is 332 g/mol. The topological polar surface area (TPSA) is 81.3 Å². The van der Waals surface area contributed by atoms with Crippen LogP contribution < -0.4 is 10.3 Å². The maximum absolute atomic E-state index is 12.2. The van der Waals surface area contributed by atoms with Crippen LogP contribution in [0.4, 0.5) is 0 Å². The summed E-state index contributed by atoms with van der Waals surface area (Å²) in [5.41, 5.74) is -0.299. The van der Waals surface area contributed by atoms with Crippen molar-refractivity contribution in [3.05, 3.63) is 69.6 Å². The Morgan fingerprint density at radius 1 is 1.04 bits per heavy atom. The van der Waals surface area contributed by atoms with Crippen molar-refractivity contribution >= 4 is 28.3 Å². The molecule has 7 heteroatoms. The summed E-state index contributed by atoms with van der Waals surface area (Å²) >= 11 is 5.97. The number of para-hydroxylation sites is 1. The molecule has 3 rings (SSSR count). The second kappa shape index (κ2) is 7.14. The van der Waals surface area contributed by atoms with Crippen LogP contribution in [0.2, 0.25) is 5.02 Å². The fourth-order valence-electron chi connectivity index (χ4n) is 2.19. The molecule has 1 heterocycles. The van der Waals surface area contributed by atoms with Gasteiger partial charge in [-0.2, -0.15) is 5.10 Å². The first kappa shape index (κ1) is 16.0. The number of fused-ring (bicyclic) bond motifs is 1. The van der Waals surface area contributed by atoms with Gasteiger partial charge in [0.25, 0.3) is 5.56 Å². The van der Waals surface area contributed by atoms with Gasteiger partial charge in [-0.05, 0) is 18.2 Å². The monoisotopic (exact) mass is 344 g/mol. The maximum atomic E-state index is 12.2. The summed E-state index contributed by atoms with van der Waals surface area (Å²) in [5.74, 6) is -0.118. The normalized spacial score (nSPS) is 10.5. The number of halogens is 1. The quantitative estimate of drug-likeness (QED) is 0.568. The Hall–Kier alpha value is -2.86. The van der Waals surface area contributed by atoms with E-state index in [1.165, 1.54) is 0 Å². The van der Waals surface area contributed by atoms with E-state index in [9.17, 15) is 9.59 Å². The molecule has 0 aliphatic rings. The van der Waals surface area contributed by atoms with Crippen molar-refractivity contribution in [2.75, 3.05) is 13.2 Å². The van der Waals surface area contributed by atoms with Crippen LogP contribution in [-0.2, 0) is 4.74 Å². The highest BCUT2D eigenvalue weighted by molar-refractivity contribution is 6.32. The van der Waals surface area contributed by atoms with E-state index in [1.54, 1.807) is 48.5 Å². The highest BCUT2D eigenvalue weighted by atomic mass is 35.5. The van der Waals surface area contributed by atoms with Crippen LogP contribution in [-0.4, -0.2) is 29.4 Å². The number of carbonyl (C=O) groups is 1. The average Bonchev–Trinajstić information content (AvgIpc) is 2.60. The van der Waals surface area contributed by atoms with Crippen molar-refractivity contribution in [2.24, 2.45) is 0 Å². The molecule has 0 amide bonds. The van der Waals surface area contributed by atoms with Gasteiger partial charge in [0.2, 0.25) is 0 Å². The zero-order valence-corrected chi connectivity index (χ0v) is 13.2. The number of rotatable bonds is 5. The minimum absolute atomic E-state index is 0.0270.